The van der Waals surface area contributed by atoms with E-state index in [9.17, 15) is 9.59 Å². The SMILES string of the molecule is CC1=CC(C)=C(CCC(=O)c2cc(Cl)cc(N(C)C3CCOCC3)c2C)C(=O)C1. The summed E-state index contributed by atoms with van der Waals surface area (Å²) < 4.78 is 5.47. The second-order valence-electron chi connectivity index (χ2n) is 8.23. The van der Waals surface area contributed by atoms with E-state index in [1.807, 2.05) is 32.9 Å². The molecular formula is C24H30ClNO3. The van der Waals surface area contributed by atoms with E-state index in [-0.39, 0.29) is 11.6 Å². The Morgan fingerprint density at radius 1 is 1.21 bits per heavy atom. The molecule has 0 N–H and O–H groups in total. The van der Waals surface area contributed by atoms with E-state index < -0.39 is 0 Å². The molecule has 1 heterocycles. The molecule has 29 heavy (non-hydrogen) atoms. The molecule has 0 aromatic heterocycles. The van der Waals surface area contributed by atoms with Crippen LogP contribution in [0.15, 0.2) is 34.9 Å². The molecular weight excluding hydrogens is 386 g/mol. The first-order valence-corrected chi connectivity index (χ1v) is 10.7. The van der Waals surface area contributed by atoms with Crippen LogP contribution in [0.25, 0.3) is 0 Å². The lowest BCUT2D eigenvalue weighted by atomic mass is 9.88. The number of allylic oxidation sites excluding steroid dienone is 4. The lowest BCUT2D eigenvalue weighted by Gasteiger charge is -2.34. The van der Waals surface area contributed by atoms with Crippen LogP contribution in [-0.4, -0.2) is 37.9 Å². The van der Waals surface area contributed by atoms with Crippen LogP contribution in [0.3, 0.4) is 0 Å². The number of hydrogen-bond acceptors (Lipinski definition) is 4. The van der Waals surface area contributed by atoms with Crippen LogP contribution in [-0.2, 0) is 9.53 Å². The first kappa shape index (κ1) is 21.8. The predicted molar refractivity (Wildman–Crippen MR) is 118 cm³/mol. The van der Waals surface area contributed by atoms with Crippen molar-refractivity contribution in [3.63, 3.8) is 0 Å². The minimum atomic E-state index is 0.0333. The van der Waals surface area contributed by atoms with Crippen molar-refractivity contribution >= 4 is 28.9 Å². The van der Waals surface area contributed by atoms with Crippen molar-refractivity contribution in [2.45, 2.75) is 58.9 Å². The van der Waals surface area contributed by atoms with Crippen LogP contribution < -0.4 is 4.90 Å². The molecule has 0 saturated carbocycles. The molecule has 1 aromatic carbocycles. The fourth-order valence-corrected chi connectivity index (χ4v) is 4.60. The molecule has 3 rings (SSSR count). The normalized spacial score (nSPS) is 18.1. The summed E-state index contributed by atoms with van der Waals surface area (Å²) >= 11 is 6.39. The van der Waals surface area contributed by atoms with Crippen molar-refractivity contribution in [1.29, 1.82) is 0 Å². The summed E-state index contributed by atoms with van der Waals surface area (Å²) in [5.74, 6) is 0.170. The fraction of sp³-hybridized carbons (Fsp3) is 0.500. The molecule has 1 aromatic rings. The third-order valence-electron chi connectivity index (χ3n) is 6.08. The number of carbonyl (C=O) groups excluding carboxylic acids is 2. The summed E-state index contributed by atoms with van der Waals surface area (Å²) in [5.41, 5.74) is 5.44. The van der Waals surface area contributed by atoms with E-state index in [0.29, 0.717) is 35.9 Å². The highest BCUT2D eigenvalue weighted by Gasteiger charge is 2.24. The second kappa shape index (κ2) is 9.27. The first-order chi connectivity index (χ1) is 13.8. The average molecular weight is 416 g/mol. The van der Waals surface area contributed by atoms with Crippen LogP contribution in [0.5, 0.6) is 0 Å². The highest BCUT2D eigenvalue weighted by molar-refractivity contribution is 6.31. The van der Waals surface area contributed by atoms with Gasteiger partial charge in [-0.1, -0.05) is 23.3 Å². The Bertz CT molecular complexity index is 878. The van der Waals surface area contributed by atoms with Crippen molar-refractivity contribution in [3.05, 3.63) is 51.1 Å². The van der Waals surface area contributed by atoms with Crippen molar-refractivity contribution < 1.29 is 14.3 Å². The monoisotopic (exact) mass is 415 g/mol. The summed E-state index contributed by atoms with van der Waals surface area (Å²) in [6, 6.07) is 4.08. The minimum absolute atomic E-state index is 0.0333. The van der Waals surface area contributed by atoms with Gasteiger partial charge in [0, 0.05) is 55.4 Å². The van der Waals surface area contributed by atoms with Gasteiger partial charge < -0.3 is 9.64 Å². The number of Topliss-reactive ketones (excluding diaryl/α,β-unsaturated/α-hetero) is 2. The largest absolute Gasteiger partial charge is 0.381 e. The third-order valence-corrected chi connectivity index (χ3v) is 6.30. The van der Waals surface area contributed by atoms with Crippen LogP contribution >= 0.6 is 11.6 Å². The standard InChI is InChI=1S/C24H30ClNO3/c1-15-11-16(2)20(24(28)12-15)5-6-23(27)21-13-18(25)14-22(17(21)3)26(4)19-7-9-29-10-8-19/h11,13-14,19H,5-10,12H2,1-4H3. The quantitative estimate of drug-likeness (QED) is 0.578. The molecule has 0 amide bonds. The number of ether oxygens (including phenoxy) is 1. The number of benzene rings is 1. The molecule has 0 unspecified atom stereocenters. The zero-order valence-corrected chi connectivity index (χ0v) is 18.6. The molecule has 4 nitrogen and oxygen atoms in total. The smallest absolute Gasteiger partial charge is 0.163 e. The highest BCUT2D eigenvalue weighted by Crippen LogP contribution is 2.32. The summed E-state index contributed by atoms with van der Waals surface area (Å²) in [6.45, 7) is 7.42. The lowest BCUT2D eigenvalue weighted by molar-refractivity contribution is -0.115. The zero-order valence-electron chi connectivity index (χ0n) is 17.8. The number of nitrogens with zero attached hydrogens (tertiary/aromatic N) is 1. The van der Waals surface area contributed by atoms with Crippen LogP contribution in [0, 0.1) is 6.92 Å². The van der Waals surface area contributed by atoms with Gasteiger partial charge in [0.25, 0.3) is 0 Å². The third kappa shape index (κ3) is 4.99. The Morgan fingerprint density at radius 3 is 2.55 bits per heavy atom. The molecule has 1 saturated heterocycles. The van der Waals surface area contributed by atoms with Gasteiger partial charge in [-0.3, -0.25) is 9.59 Å². The van der Waals surface area contributed by atoms with Crippen LogP contribution in [0.1, 0.15) is 61.9 Å². The number of rotatable bonds is 6. The molecule has 2 aliphatic rings. The Balaban J connectivity index is 1.79. The van der Waals surface area contributed by atoms with E-state index in [0.717, 1.165) is 54.0 Å². The second-order valence-corrected chi connectivity index (χ2v) is 8.66. The summed E-state index contributed by atoms with van der Waals surface area (Å²) in [6.07, 6.45) is 5.23. The molecule has 156 valence electrons. The van der Waals surface area contributed by atoms with Gasteiger partial charge in [0.15, 0.2) is 11.6 Å². The Morgan fingerprint density at radius 2 is 1.90 bits per heavy atom. The van der Waals surface area contributed by atoms with Crippen LogP contribution in [0.2, 0.25) is 5.02 Å². The zero-order chi connectivity index (χ0) is 21.1. The number of anilines is 1. The van der Waals surface area contributed by atoms with Gasteiger partial charge in [0.1, 0.15) is 0 Å². The number of halogens is 1. The Hall–Kier alpha value is -1.91. The van der Waals surface area contributed by atoms with Gasteiger partial charge in [0.2, 0.25) is 0 Å². The Labute approximate surface area is 178 Å². The number of hydrogen-bond donors (Lipinski definition) is 0. The first-order valence-electron chi connectivity index (χ1n) is 10.3. The van der Waals surface area contributed by atoms with E-state index in [2.05, 4.69) is 11.9 Å². The number of ketones is 2. The van der Waals surface area contributed by atoms with E-state index in [4.69, 9.17) is 16.3 Å². The summed E-state index contributed by atoms with van der Waals surface area (Å²) in [7, 11) is 2.06. The predicted octanol–water partition coefficient (Wildman–Crippen LogP) is 5.46. The van der Waals surface area contributed by atoms with Crippen LogP contribution in [0.4, 0.5) is 5.69 Å². The molecule has 5 heteroatoms. The number of carbonyl (C=O) groups is 2. The Kier molecular flexibility index (Phi) is 6.97. The molecule has 1 fully saturated rings. The lowest BCUT2D eigenvalue weighted by Crippen LogP contribution is -2.37. The molecule has 0 bridgehead atoms. The molecule has 0 radical (unpaired) electrons. The molecule has 0 atom stereocenters. The fourth-order valence-electron chi connectivity index (χ4n) is 4.39. The van der Waals surface area contributed by atoms with Gasteiger partial charge in [-0.05, 0) is 68.9 Å². The van der Waals surface area contributed by atoms with Gasteiger partial charge in [0.05, 0.1) is 0 Å². The van der Waals surface area contributed by atoms with Crippen molar-refractivity contribution in [2.75, 3.05) is 25.2 Å². The summed E-state index contributed by atoms with van der Waals surface area (Å²) in [5, 5.41) is 0.565. The molecule has 1 aliphatic carbocycles. The van der Waals surface area contributed by atoms with Gasteiger partial charge >= 0.3 is 0 Å². The molecule has 1 aliphatic heterocycles. The maximum atomic E-state index is 13.0. The van der Waals surface area contributed by atoms with E-state index >= 15 is 0 Å². The average Bonchev–Trinajstić information content (AvgIpc) is 2.68. The van der Waals surface area contributed by atoms with E-state index in [1.54, 1.807) is 6.07 Å². The maximum Gasteiger partial charge on any atom is 0.163 e. The van der Waals surface area contributed by atoms with Crippen molar-refractivity contribution in [1.82, 2.24) is 0 Å². The molecule has 0 spiro atoms. The van der Waals surface area contributed by atoms with Gasteiger partial charge in [-0.25, -0.2) is 0 Å². The summed E-state index contributed by atoms with van der Waals surface area (Å²) in [4.78, 5) is 27.6. The minimum Gasteiger partial charge on any atom is -0.381 e. The van der Waals surface area contributed by atoms with Gasteiger partial charge in [-0.15, -0.1) is 0 Å². The van der Waals surface area contributed by atoms with Gasteiger partial charge in [-0.2, -0.15) is 0 Å². The highest BCUT2D eigenvalue weighted by atomic mass is 35.5. The topological polar surface area (TPSA) is 46.6 Å². The van der Waals surface area contributed by atoms with Crippen molar-refractivity contribution in [3.8, 4) is 0 Å². The van der Waals surface area contributed by atoms with Crippen molar-refractivity contribution in [2.24, 2.45) is 0 Å². The van der Waals surface area contributed by atoms with E-state index in [1.165, 1.54) is 0 Å². The maximum absolute atomic E-state index is 13.0.